The number of nitrogens with one attached hydrogen (secondary N) is 1. The van der Waals surface area contributed by atoms with Gasteiger partial charge in [0.15, 0.2) is 0 Å². The van der Waals surface area contributed by atoms with Gasteiger partial charge in [-0.25, -0.2) is 9.78 Å². The van der Waals surface area contributed by atoms with Crippen LogP contribution in [0.2, 0.25) is 0 Å². The van der Waals surface area contributed by atoms with E-state index in [9.17, 15) is 9.59 Å². The van der Waals surface area contributed by atoms with Gasteiger partial charge in [-0.1, -0.05) is 30.3 Å². The molecule has 2 aromatic rings. The first-order valence-electron chi connectivity index (χ1n) is 6.29. The molecule has 1 aromatic carbocycles. The number of esters is 1. The summed E-state index contributed by atoms with van der Waals surface area (Å²) in [5, 5.41) is 8.72. The summed E-state index contributed by atoms with van der Waals surface area (Å²) >= 11 is 0. The van der Waals surface area contributed by atoms with E-state index in [0.29, 0.717) is 5.69 Å². The van der Waals surface area contributed by atoms with Crippen LogP contribution in [-0.4, -0.2) is 33.1 Å². The van der Waals surface area contributed by atoms with Gasteiger partial charge in [-0.05, 0) is 5.56 Å². The zero-order chi connectivity index (χ0) is 15.2. The van der Waals surface area contributed by atoms with Gasteiger partial charge < -0.3 is 20.6 Å². The van der Waals surface area contributed by atoms with E-state index in [4.69, 9.17) is 15.6 Å². The van der Waals surface area contributed by atoms with Crippen molar-refractivity contribution in [3.8, 4) is 0 Å². The number of ether oxygens (including phenoxy) is 1. The number of carbonyl (C=O) groups excluding carboxylic acids is 1. The van der Waals surface area contributed by atoms with E-state index in [1.807, 2.05) is 30.3 Å². The maximum atomic E-state index is 11.8. The lowest BCUT2D eigenvalue weighted by Gasteiger charge is -2.04. The van der Waals surface area contributed by atoms with Gasteiger partial charge in [-0.2, -0.15) is 0 Å². The number of carboxylic acid groups (broad SMARTS) is 1. The van der Waals surface area contributed by atoms with Crippen LogP contribution >= 0.6 is 0 Å². The zero-order valence-electron chi connectivity index (χ0n) is 11.2. The Labute approximate surface area is 120 Å². The molecular formula is C14H15N3O4. The Balaban J connectivity index is 1.91. The Bertz CT molecular complexity index is 624. The standard InChI is InChI=1S/C14H15N3O4/c15-11(13(18)19)6-10-7-16-12(17-10)14(20)21-8-9-4-2-1-3-5-9/h1-5,7,11H,6,8,15H2,(H,16,17)(H,18,19). The topological polar surface area (TPSA) is 118 Å². The molecule has 0 bridgehead atoms. The third-order valence-corrected chi connectivity index (χ3v) is 2.79. The number of aromatic amines is 1. The zero-order valence-corrected chi connectivity index (χ0v) is 11.2. The molecule has 110 valence electrons. The minimum atomic E-state index is -1.11. The maximum Gasteiger partial charge on any atom is 0.374 e. The summed E-state index contributed by atoms with van der Waals surface area (Å²) in [6.07, 6.45) is 1.44. The molecule has 0 aliphatic rings. The Morgan fingerprint density at radius 3 is 2.71 bits per heavy atom. The fourth-order valence-electron chi connectivity index (χ4n) is 1.68. The third kappa shape index (κ3) is 4.15. The number of hydrogen-bond donors (Lipinski definition) is 3. The number of carboxylic acids is 1. The molecular weight excluding hydrogens is 274 g/mol. The molecule has 7 nitrogen and oxygen atoms in total. The predicted octanol–water partition coefficient (Wildman–Crippen LogP) is 0.721. The van der Waals surface area contributed by atoms with Gasteiger partial charge >= 0.3 is 11.9 Å². The Morgan fingerprint density at radius 1 is 1.33 bits per heavy atom. The van der Waals surface area contributed by atoms with E-state index in [0.717, 1.165) is 5.56 Å². The first-order chi connectivity index (χ1) is 10.1. The molecule has 0 saturated carbocycles. The van der Waals surface area contributed by atoms with Crippen molar-refractivity contribution >= 4 is 11.9 Å². The summed E-state index contributed by atoms with van der Waals surface area (Å²) in [4.78, 5) is 29.0. The summed E-state index contributed by atoms with van der Waals surface area (Å²) in [6, 6.07) is 8.21. The average molecular weight is 289 g/mol. The monoisotopic (exact) mass is 289 g/mol. The normalized spacial score (nSPS) is 11.9. The van der Waals surface area contributed by atoms with Gasteiger partial charge in [0.1, 0.15) is 12.6 Å². The first kappa shape index (κ1) is 14.7. The average Bonchev–Trinajstić information content (AvgIpc) is 2.94. The second kappa shape index (κ2) is 6.67. The van der Waals surface area contributed by atoms with E-state index < -0.39 is 18.0 Å². The fourth-order valence-corrected chi connectivity index (χ4v) is 1.68. The van der Waals surface area contributed by atoms with Gasteiger partial charge in [-0.3, -0.25) is 4.79 Å². The van der Waals surface area contributed by atoms with Crippen LogP contribution in [0.25, 0.3) is 0 Å². The quantitative estimate of drug-likeness (QED) is 0.674. The van der Waals surface area contributed by atoms with Crippen molar-refractivity contribution in [2.24, 2.45) is 5.73 Å². The molecule has 1 aromatic heterocycles. The smallest absolute Gasteiger partial charge is 0.374 e. The minimum absolute atomic E-state index is 0.0264. The number of carbonyl (C=O) groups is 2. The minimum Gasteiger partial charge on any atom is -0.480 e. The number of imidazole rings is 1. The molecule has 0 saturated heterocycles. The molecule has 4 N–H and O–H groups in total. The number of rotatable bonds is 6. The summed E-state index contributed by atoms with van der Waals surface area (Å²) < 4.78 is 5.10. The van der Waals surface area contributed by atoms with Crippen molar-refractivity contribution in [3.05, 3.63) is 53.6 Å². The van der Waals surface area contributed by atoms with E-state index in [-0.39, 0.29) is 18.9 Å². The van der Waals surface area contributed by atoms with Crippen LogP contribution < -0.4 is 5.73 Å². The fraction of sp³-hybridized carbons (Fsp3) is 0.214. The largest absolute Gasteiger partial charge is 0.480 e. The van der Waals surface area contributed by atoms with Crippen LogP contribution in [0.3, 0.4) is 0 Å². The molecule has 0 aliphatic heterocycles. The van der Waals surface area contributed by atoms with Crippen LogP contribution in [-0.2, 0) is 22.6 Å². The molecule has 21 heavy (non-hydrogen) atoms. The van der Waals surface area contributed by atoms with Gasteiger partial charge in [0.05, 0.1) is 0 Å². The Morgan fingerprint density at radius 2 is 2.05 bits per heavy atom. The van der Waals surface area contributed by atoms with Crippen LogP contribution in [0.1, 0.15) is 21.9 Å². The molecule has 1 atom stereocenters. The van der Waals surface area contributed by atoms with Crippen molar-refractivity contribution in [1.82, 2.24) is 9.97 Å². The number of H-pyrrole nitrogens is 1. The number of aliphatic carboxylic acids is 1. The van der Waals surface area contributed by atoms with Gasteiger partial charge in [0.25, 0.3) is 0 Å². The van der Waals surface area contributed by atoms with Gasteiger partial charge in [0, 0.05) is 18.3 Å². The van der Waals surface area contributed by atoms with Gasteiger partial charge in [-0.15, -0.1) is 0 Å². The molecule has 0 radical (unpaired) electrons. The van der Waals surface area contributed by atoms with Crippen LogP contribution in [0.5, 0.6) is 0 Å². The van der Waals surface area contributed by atoms with Crippen molar-refractivity contribution in [2.45, 2.75) is 19.1 Å². The number of nitrogens with two attached hydrogens (primary N) is 1. The highest BCUT2D eigenvalue weighted by Gasteiger charge is 2.16. The lowest BCUT2D eigenvalue weighted by Crippen LogP contribution is -2.32. The number of benzene rings is 1. The van der Waals surface area contributed by atoms with E-state index >= 15 is 0 Å². The SMILES string of the molecule is NC(Cc1cnc(C(=O)OCc2ccccc2)[nH]1)C(=O)O. The molecule has 0 spiro atoms. The van der Waals surface area contributed by atoms with Crippen LogP contribution in [0.4, 0.5) is 0 Å². The summed E-state index contributed by atoms with van der Waals surface area (Å²) in [5.41, 5.74) is 6.74. The molecule has 0 fully saturated rings. The lowest BCUT2D eigenvalue weighted by atomic mass is 10.2. The third-order valence-electron chi connectivity index (χ3n) is 2.79. The van der Waals surface area contributed by atoms with Crippen molar-refractivity contribution in [2.75, 3.05) is 0 Å². The molecule has 7 heteroatoms. The molecule has 0 aliphatic carbocycles. The summed E-state index contributed by atoms with van der Waals surface area (Å²) in [6.45, 7) is 0.143. The molecule has 2 rings (SSSR count). The highest BCUT2D eigenvalue weighted by molar-refractivity contribution is 5.85. The maximum absolute atomic E-state index is 11.8. The van der Waals surface area contributed by atoms with Crippen molar-refractivity contribution in [3.63, 3.8) is 0 Å². The van der Waals surface area contributed by atoms with Crippen molar-refractivity contribution < 1.29 is 19.4 Å². The second-order valence-corrected chi connectivity index (χ2v) is 4.47. The van der Waals surface area contributed by atoms with E-state index in [2.05, 4.69) is 9.97 Å². The van der Waals surface area contributed by atoms with Crippen LogP contribution in [0, 0.1) is 0 Å². The van der Waals surface area contributed by atoms with E-state index in [1.165, 1.54) is 6.20 Å². The lowest BCUT2D eigenvalue weighted by molar-refractivity contribution is -0.138. The van der Waals surface area contributed by atoms with Crippen molar-refractivity contribution in [1.29, 1.82) is 0 Å². The summed E-state index contributed by atoms with van der Waals surface area (Å²) in [5.74, 6) is -1.69. The Kier molecular flexibility index (Phi) is 4.68. The highest BCUT2D eigenvalue weighted by atomic mass is 16.5. The molecule has 1 heterocycles. The number of nitrogens with zero attached hydrogens (tertiary/aromatic N) is 1. The number of hydrogen-bond acceptors (Lipinski definition) is 5. The number of aromatic nitrogens is 2. The van der Waals surface area contributed by atoms with Gasteiger partial charge in [0.2, 0.25) is 5.82 Å². The Hall–Kier alpha value is -2.67. The first-order valence-corrected chi connectivity index (χ1v) is 6.29. The second-order valence-electron chi connectivity index (χ2n) is 4.47. The highest BCUT2D eigenvalue weighted by Crippen LogP contribution is 2.05. The van der Waals surface area contributed by atoms with E-state index in [1.54, 1.807) is 0 Å². The molecule has 0 amide bonds. The predicted molar refractivity (Wildman–Crippen MR) is 73.5 cm³/mol. The molecule has 1 unspecified atom stereocenters. The summed E-state index contributed by atoms with van der Waals surface area (Å²) in [7, 11) is 0. The van der Waals surface area contributed by atoms with Crippen LogP contribution in [0.15, 0.2) is 36.5 Å².